The van der Waals surface area contributed by atoms with Gasteiger partial charge in [0.25, 0.3) is 5.91 Å². The van der Waals surface area contributed by atoms with Gasteiger partial charge >= 0.3 is 0 Å². The number of ether oxygens (including phenoxy) is 1. The number of halogens is 1. The lowest BCUT2D eigenvalue weighted by Crippen LogP contribution is -2.27. The first-order valence-electron chi connectivity index (χ1n) is 7.46. The van der Waals surface area contributed by atoms with Crippen LogP contribution in [0.15, 0.2) is 35.1 Å². The Balaban J connectivity index is 1.73. The number of carbonyl (C=O) groups is 1. The molecule has 0 unspecified atom stereocenters. The molecule has 2 heterocycles. The van der Waals surface area contributed by atoms with E-state index in [1.165, 1.54) is 12.4 Å². The van der Waals surface area contributed by atoms with E-state index in [0.29, 0.717) is 28.3 Å². The lowest BCUT2D eigenvalue weighted by molar-refractivity contribution is 0.0917. The molecule has 0 saturated carbocycles. The molecule has 0 saturated heterocycles. The molecule has 0 spiro atoms. The fraction of sp³-hybridized carbons (Fsp3) is 0.125. The van der Waals surface area contributed by atoms with Crippen molar-refractivity contribution < 1.29 is 14.1 Å². The highest BCUT2D eigenvalue weighted by Gasteiger charge is 2.15. The zero-order chi connectivity index (χ0) is 18.7. The molecule has 0 aliphatic carbocycles. The number of nitrogens with one attached hydrogen (secondary N) is 1. The van der Waals surface area contributed by atoms with Gasteiger partial charge in [0.1, 0.15) is 28.6 Å². The summed E-state index contributed by atoms with van der Waals surface area (Å²) in [5, 5.41) is 6.43. The Morgan fingerprint density at radius 3 is 2.85 bits per heavy atom. The third-order valence-corrected chi connectivity index (χ3v) is 3.88. The molecule has 10 heteroatoms. The Bertz CT molecular complexity index is 959. The SMILES string of the molecule is Cc1oncc1C(=O)NCOc1cccc(-c2ncc(N)nc2N)c1Cl. The van der Waals surface area contributed by atoms with Gasteiger partial charge in [0.15, 0.2) is 12.5 Å². The first-order chi connectivity index (χ1) is 12.5. The van der Waals surface area contributed by atoms with Crippen LogP contribution in [0.3, 0.4) is 0 Å². The summed E-state index contributed by atoms with van der Waals surface area (Å²) in [5.41, 5.74) is 12.7. The number of carbonyl (C=O) groups excluding carboxylic acids is 1. The summed E-state index contributed by atoms with van der Waals surface area (Å²) in [6, 6.07) is 5.11. The van der Waals surface area contributed by atoms with Crippen LogP contribution in [0.4, 0.5) is 11.6 Å². The third-order valence-electron chi connectivity index (χ3n) is 3.49. The van der Waals surface area contributed by atoms with E-state index in [0.717, 1.165) is 0 Å². The maximum absolute atomic E-state index is 12.0. The number of aromatic nitrogens is 3. The molecule has 0 aliphatic heterocycles. The van der Waals surface area contributed by atoms with Crippen LogP contribution in [0.5, 0.6) is 5.75 Å². The van der Waals surface area contributed by atoms with Crippen LogP contribution in [0.25, 0.3) is 11.3 Å². The van der Waals surface area contributed by atoms with Crippen molar-refractivity contribution in [1.82, 2.24) is 20.4 Å². The lowest BCUT2D eigenvalue weighted by Gasteiger charge is -2.12. The Morgan fingerprint density at radius 1 is 1.35 bits per heavy atom. The van der Waals surface area contributed by atoms with E-state index in [2.05, 4.69) is 20.4 Å². The van der Waals surface area contributed by atoms with Crippen molar-refractivity contribution in [1.29, 1.82) is 0 Å². The Morgan fingerprint density at radius 2 is 2.15 bits per heavy atom. The molecule has 0 atom stereocenters. The molecule has 134 valence electrons. The molecule has 1 amide bonds. The van der Waals surface area contributed by atoms with Crippen LogP contribution in [0.1, 0.15) is 16.1 Å². The summed E-state index contributed by atoms with van der Waals surface area (Å²) in [4.78, 5) is 20.1. The summed E-state index contributed by atoms with van der Waals surface area (Å²) in [6.45, 7) is 1.54. The summed E-state index contributed by atoms with van der Waals surface area (Å²) in [7, 11) is 0. The molecule has 0 radical (unpaired) electrons. The summed E-state index contributed by atoms with van der Waals surface area (Å²) in [6.07, 6.45) is 2.72. The standard InChI is InChI=1S/C16H15ClN6O3/c1-8-10(5-22-26-8)16(24)21-7-25-11-4-2-3-9(13(11)17)14-15(19)23-12(18)6-20-14/h2-6H,7H2,1H3,(H,21,24)(H4,18,19,23). The zero-order valence-corrected chi connectivity index (χ0v) is 14.4. The summed E-state index contributed by atoms with van der Waals surface area (Å²) >= 11 is 6.38. The van der Waals surface area contributed by atoms with Crippen molar-refractivity contribution in [3.8, 4) is 17.0 Å². The number of aryl methyl sites for hydroxylation is 1. The number of nitrogens with two attached hydrogens (primary N) is 2. The maximum atomic E-state index is 12.0. The minimum atomic E-state index is -0.371. The van der Waals surface area contributed by atoms with E-state index in [1.807, 2.05) is 0 Å². The largest absolute Gasteiger partial charge is 0.472 e. The van der Waals surface area contributed by atoms with Crippen molar-refractivity contribution in [3.05, 3.63) is 46.9 Å². The van der Waals surface area contributed by atoms with Crippen LogP contribution in [-0.4, -0.2) is 27.8 Å². The molecule has 9 nitrogen and oxygen atoms in total. The topological polar surface area (TPSA) is 142 Å². The second-order valence-electron chi connectivity index (χ2n) is 5.24. The molecule has 5 N–H and O–H groups in total. The number of amides is 1. The lowest BCUT2D eigenvalue weighted by atomic mass is 10.1. The molecular weight excluding hydrogens is 360 g/mol. The predicted molar refractivity (Wildman–Crippen MR) is 95.5 cm³/mol. The molecule has 0 aliphatic rings. The molecule has 1 aromatic carbocycles. The summed E-state index contributed by atoms with van der Waals surface area (Å²) in [5.74, 6) is 0.760. The van der Waals surface area contributed by atoms with Crippen LogP contribution < -0.4 is 21.5 Å². The number of nitrogens with zero attached hydrogens (tertiary/aromatic N) is 3. The van der Waals surface area contributed by atoms with Gasteiger partial charge in [-0.25, -0.2) is 9.97 Å². The average molecular weight is 375 g/mol. The second-order valence-corrected chi connectivity index (χ2v) is 5.61. The first-order valence-corrected chi connectivity index (χ1v) is 7.84. The van der Waals surface area contributed by atoms with Crippen molar-refractivity contribution in [2.75, 3.05) is 18.2 Å². The quantitative estimate of drug-likeness (QED) is 0.575. The van der Waals surface area contributed by atoms with E-state index in [1.54, 1.807) is 25.1 Å². The van der Waals surface area contributed by atoms with Gasteiger partial charge in [-0.05, 0) is 13.0 Å². The molecule has 3 aromatic rings. The second kappa shape index (κ2) is 7.28. The normalized spacial score (nSPS) is 10.5. The number of nitrogen functional groups attached to an aromatic ring is 2. The molecule has 26 heavy (non-hydrogen) atoms. The molecular formula is C16H15ClN6O3. The minimum absolute atomic E-state index is 0.102. The smallest absolute Gasteiger partial charge is 0.259 e. The van der Waals surface area contributed by atoms with Gasteiger partial charge < -0.3 is 26.0 Å². The van der Waals surface area contributed by atoms with E-state index in [9.17, 15) is 4.79 Å². The highest BCUT2D eigenvalue weighted by molar-refractivity contribution is 6.34. The highest BCUT2D eigenvalue weighted by Crippen LogP contribution is 2.36. The number of hydrogen-bond donors (Lipinski definition) is 3. The molecule has 0 fully saturated rings. The van der Waals surface area contributed by atoms with Gasteiger partial charge in [-0.2, -0.15) is 0 Å². The van der Waals surface area contributed by atoms with Gasteiger partial charge in [0, 0.05) is 5.56 Å². The predicted octanol–water partition coefficient (Wildman–Crippen LogP) is 2.02. The van der Waals surface area contributed by atoms with Crippen molar-refractivity contribution >= 4 is 29.1 Å². The van der Waals surface area contributed by atoms with E-state index in [4.69, 9.17) is 32.3 Å². The van der Waals surface area contributed by atoms with Gasteiger partial charge in [-0.3, -0.25) is 4.79 Å². The van der Waals surface area contributed by atoms with Crippen molar-refractivity contribution in [2.45, 2.75) is 6.92 Å². The highest BCUT2D eigenvalue weighted by atomic mass is 35.5. The third kappa shape index (κ3) is 3.52. The zero-order valence-electron chi connectivity index (χ0n) is 13.7. The van der Waals surface area contributed by atoms with Gasteiger partial charge in [0.2, 0.25) is 0 Å². The summed E-state index contributed by atoms with van der Waals surface area (Å²) < 4.78 is 10.4. The molecule has 0 bridgehead atoms. The Hall–Kier alpha value is -3.33. The number of benzene rings is 1. The monoisotopic (exact) mass is 374 g/mol. The number of rotatable bonds is 5. The van der Waals surface area contributed by atoms with Gasteiger partial charge in [-0.1, -0.05) is 28.9 Å². The van der Waals surface area contributed by atoms with E-state index < -0.39 is 0 Å². The van der Waals surface area contributed by atoms with E-state index in [-0.39, 0.29) is 29.3 Å². The first kappa shape index (κ1) is 17.5. The van der Waals surface area contributed by atoms with E-state index >= 15 is 0 Å². The fourth-order valence-electron chi connectivity index (χ4n) is 2.22. The Kier molecular flexibility index (Phi) is 4.90. The van der Waals surface area contributed by atoms with Gasteiger partial charge in [-0.15, -0.1) is 0 Å². The van der Waals surface area contributed by atoms with Gasteiger partial charge in [0.05, 0.1) is 17.4 Å². The number of hydrogen-bond acceptors (Lipinski definition) is 8. The number of anilines is 2. The minimum Gasteiger partial charge on any atom is -0.472 e. The average Bonchev–Trinajstić information content (AvgIpc) is 3.03. The molecule has 3 rings (SSSR count). The Labute approximate surface area is 153 Å². The van der Waals surface area contributed by atoms with Crippen molar-refractivity contribution in [3.63, 3.8) is 0 Å². The van der Waals surface area contributed by atoms with Crippen LogP contribution in [0.2, 0.25) is 5.02 Å². The van der Waals surface area contributed by atoms with Crippen LogP contribution >= 0.6 is 11.6 Å². The maximum Gasteiger partial charge on any atom is 0.259 e. The van der Waals surface area contributed by atoms with Crippen LogP contribution in [-0.2, 0) is 0 Å². The van der Waals surface area contributed by atoms with Crippen LogP contribution in [0, 0.1) is 6.92 Å². The van der Waals surface area contributed by atoms with Crippen molar-refractivity contribution in [2.24, 2.45) is 0 Å². The fourth-order valence-corrected chi connectivity index (χ4v) is 2.49. The molecule has 2 aromatic heterocycles.